The Morgan fingerprint density at radius 1 is 1.41 bits per heavy atom. The summed E-state index contributed by atoms with van der Waals surface area (Å²) < 4.78 is 5.44. The van der Waals surface area contributed by atoms with Crippen LogP contribution in [0.2, 0.25) is 0 Å². The molecule has 1 amide bonds. The van der Waals surface area contributed by atoms with E-state index in [-0.39, 0.29) is 18.6 Å². The first-order chi connectivity index (χ1) is 10.7. The highest BCUT2D eigenvalue weighted by Gasteiger charge is 2.31. The first-order valence-electron chi connectivity index (χ1n) is 7.22. The second kappa shape index (κ2) is 5.95. The molecule has 0 unspecified atom stereocenters. The summed E-state index contributed by atoms with van der Waals surface area (Å²) >= 11 is 0. The number of carbonyl (C=O) groups is 1. The number of allylic oxidation sites excluding steroid dienone is 2. The molecule has 0 spiro atoms. The molecule has 1 saturated heterocycles. The standard InChI is InChI=1S/C19H17NO2/c1-3-10-22-17-9-8-15-6-4-5-7-16-11-14(2)13-20(16)19(21)18(15)12-17/h1,4-9,12,16H,2,10-11,13H2/b6-4+,7-5+/t16-/m1/s1. The maximum atomic E-state index is 12.9. The molecule has 2 aliphatic rings. The molecule has 1 fully saturated rings. The lowest BCUT2D eigenvalue weighted by molar-refractivity contribution is 0.0764. The summed E-state index contributed by atoms with van der Waals surface area (Å²) in [6, 6.07) is 5.55. The number of hydrogen-bond donors (Lipinski definition) is 0. The van der Waals surface area contributed by atoms with Gasteiger partial charge < -0.3 is 9.64 Å². The van der Waals surface area contributed by atoms with Gasteiger partial charge in [0.1, 0.15) is 12.4 Å². The minimum absolute atomic E-state index is 0.000933. The quantitative estimate of drug-likeness (QED) is 0.619. The predicted octanol–water partition coefficient (Wildman–Crippen LogP) is 3.05. The third kappa shape index (κ3) is 2.68. The zero-order chi connectivity index (χ0) is 15.5. The Labute approximate surface area is 130 Å². The molecule has 0 N–H and O–H groups in total. The summed E-state index contributed by atoms with van der Waals surface area (Å²) in [5.41, 5.74) is 2.59. The van der Waals surface area contributed by atoms with Crippen molar-refractivity contribution in [3.8, 4) is 18.1 Å². The van der Waals surface area contributed by atoms with Crippen LogP contribution in [0.4, 0.5) is 0 Å². The molecule has 0 bridgehead atoms. The molecule has 0 radical (unpaired) electrons. The summed E-state index contributed by atoms with van der Waals surface area (Å²) in [4.78, 5) is 14.8. The molecule has 1 aromatic rings. The Morgan fingerprint density at radius 3 is 3.09 bits per heavy atom. The van der Waals surface area contributed by atoms with Gasteiger partial charge in [0.05, 0.1) is 11.6 Å². The molecule has 1 aromatic carbocycles. The molecule has 2 aliphatic heterocycles. The van der Waals surface area contributed by atoms with Crippen molar-refractivity contribution in [3.05, 3.63) is 59.7 Å². The van der Waals surface area contributed by atoms with Crippen LogP contribution >= 0.6 is 0 Å². The highest BCUT2D eigenvalue weighted by molar-refractivity contribution is 5.99. The lowest BCUT2D eigenvalue weighted by Gasteiger charge is -2.22. The lowest BCUT2D eigenvalue weighted by atomic mass is 10.1. The molecular formula is C19H17NO2. The highest BCUT2D eigenvalue weighted by Crippen LogP contribution is 2.28. The van der Waals surface area contributed by atoms with Gasteiger partial charge in [-0.1, -0.05) is 48.4 Å². The Bertz CT molecular complexity index is 721. The number of ether oxygens (including phenoxy) is 1. The average Bonchev–Trinajstić information content (AvgIpc) is 2.91. The maximum absolute atomic E-state index is 12.9. The third-order valence-electron chi connectivity index (χ3n) is 3.85. The van der Waals surface area contributed by atoms with E-state index in [2.05, 4.69) is 12.5 Å². The van der Waals surface area contributed by atoms with Crippen molar-refractivity contribution in [2.75, 3.05) is 13.2 Å². The van der Waals surface area contributed by atoms with Crippen molar-refractivity contribution < 1.29 is 9.53 Å². The number of rotatable bonds is 2. The zero-order valence-electron chi connectivity index (χ0n) is 12.3. The smallest absolute Gasteiger partial charge is 0.255 e. The molecular weight excluding hydrogens is 274 g/mol. The second-order valence-electron chi connectivity index (χ2n) is 5.44. The fraction of sp³-hybridized carbons (Fsp3) is 0.211. The normalized spacial score (nSPS) is 22.7. The number of fused-ring (bicyclic) bond motifs is 2. The van der Waals surface area contributed by atoms with Crippen LogP contribution in [-0.4, -0.2) is 30.0 Å². The summed E-state index contributed by atoms with van der Waals surface area (Å²) in [5, 5.41) is 0. The number of benzene rings is 1. The lowest BCUT2D eigenvalue weighted by Crippen LogP contribution is -2.34. The maximum Gasteiger partial charge on any atom is 0.255 e. The van der Waals surface area contributed by atoms with Crippen LogP contribution in [-0.2, 0) is 0 Å². The number of terminal acetylenes is 1. The zero-order valence-corrected chi connectivity index (χ0v) is 12.3. The van der Waals surface area contributed by atoms with E-state index in [9.17, 15) is 4.79 Å². The van der Waals surface area contributed by atoms with Gasteiger partial charge in [-0.3, -0.25) is 4.79 Å². The molecule has 3 rings (SSSR count). The largest absolute Gasteiger partial charge is 0.481 e. The van der Waals surface area contributed by atoms with Crippen LogP contribution in [0.5, 0.6) is 5.75 Å². The van der Waals surface area contributed by atoms with Gasteiger partial charge in [0, 0.05) is 6.54 Å². The molecule has 0 saturated carbocycles. The van der Waals surface area contributed by atoms with E-state index in [1.807, 2.05) is 41.3 Å². The Morgan fingerprint density at radius 2 is 2.27 bits per heavy atom. The molecule has 3 heteroatoms. The number of hydrogen-bond acceptors (Lipinski definition) is 2. The number of amides is 1. The fourth-order valence-corrected chi connectivity index (χ4v) is 2.81. The van der Waals surface area contributed by atoms with E-state index in [1.54, 1.807) is 6.07 Å². The fourth-order valence-electron chi connectivity index (χ4n) is 2.81. The van der Waals surface area contributed by atoms with Crippen molar-refractivity contribution in [2.24, 2.45) is 0 Å². The third-order valence-corrected chi connectivity index (χ3v) is 3.85. The molecule has 3 nitrogen and oxygen atoms in total. The van der Waals surface area contributed by atoms with E-state index < -0.39 is 0 Å². The molecule has 0 aromatic heterocycles. The van der Waals surface area contributed by atoms with Gasteiger partial charge >= 0.3 is 0 Å². The molecule has 110 valence electrons. The van der Waals surface area contributed by atoms with Crippen LogP contribution in [0.15, 0.2) is 48.6 Å². The van der Waals surface area contributed by atoms with Gasteiger partial charge in [-0.15, -0.1) is 6.42 Å². The van der Waals surface area contributed by atoms with Crippen LogP contribution in [0, 0.1) is 12.3 Å². The monoisotopic (exact) mass is 291 g/mol. The van der Waals surface area contributed by atoms with Crippen molar-refractivity contribution in [3.63, 3.8) is 0 Å². The van der Waals surface area contributed by atoms with Crippen molar-refractivity contribution >= 4 is 12.0 Å². The van der Waals surface area contributed by atoms with Crippen molar-refractivity contribution in [2.45, 2.75) is 12.5 Å². The Balaban J connectivity index is 2.02. The van der Waals surface area contributed by atoms with E-state index in [4.69, 9.17) is 11.2 Å². The van der Waals surface area contributed by atoms with E-state index in [1.165, 1.54) is 0 Å². The summed E-state index contributed by atoms with van der Waals surface area (Å²) in [5.74, 6) is 3.04. The summed E-state index contributed by atoms with van der Waals surface area (Å²) in [6.45, 7) is 4.81. The van der Waals surface area contributed by atoms with Gasteiger partial charge in [-0.25, -0.2) is 0 Å². The van der Waals surface area contributed by atoms with E-state index in [0.717, 1.165) is 17.6 Å². The summed E-state index contributed by atoms with van der Waals surface area (Å²) in [6.07, 6.45) is 14.0. The van der Waals surface area contributed by atoms with Gasteiger partial charge in [0.15, 0.2) is 0 Å². The first kappa shape index (κ1) is 14.2. The molecule has 0 aliphatic carbocycles. The predicted molar refractivity (Wildman–Crippen MR) is 87.5 cm³/mol. The van der Waals surface area contributed by atoms with Gasteiger partial charge in [-0.05, 0) is 24.1 Å². The van der Waals surface area contributed by atoms with Gasteiger partial charge in [-0.2, -0.15) is 0 Å². The first-order valence-corrected chi connectivity index (χ1v) is 7.22. The minimum atomic E-state index is 0.000933. The average molecular weight is 291 g/mol. The highest BCUT2D eigenvalue weighted by atomic mass is 16.5. The van der Waals surface area contributed by atoms with E-state index in [0.29, 0.717) is 17.9 Å². The molecule has 2 heterocycles. The SMILES string of the molecule is C#CCOc1ccc2c(c1)C(=O)N1CC(=C)C[C@H]1/C=C/C=C/2. The second-order valence-corrected chi connectivity index (χ2v) is 5.44. The van der Waals surface area contributed by atoms with Crippen LogP contribution < -0.4 is 4.74 Å². The number of carbonyl (C=O) groups excluding carboxylic acids is 1. The van der Waals surface area contributed by atoms with Crippen molar-refractivity contribution in [1.29, 1.82) is 0 Å². The number of nitrogens with zero attached hydrogens (tertiary/aromatic N) is 1. The van der Waals surface area contributed by atoms with Crippen LogP contribution in [0.1, 0.15) is 22.3 Å². The minimum Gasteiger partial charge on any atom is -0.481 e. The van der Waals surface area contributed by atoms with Crippen LogP contribution in [0.25, 0.3) is 6.08 Å². The van der Waals surface area contributed by atoms with Crippen molar-refractivity contribution in [1.82, 2.24) is 4.90 Å². The molecule has 1 atom stereocenters. The Hall–Kier alpha value is -2.73. The van der Waals surface area contributed by atoms with Gasteiger partial charge in [0.2, 0.25) is 0 Å². The van der Waals surface area contributed by atoms with Crippen LogP contribution in [0.3, 0.4) is 0 Å². The van der Waals surface area contributed by atoms with E-state index >= 15 is 0 Å². The summed E-state index contributed by atoms with van der Waals surface area (Å²) in [7, 11) is 0. The Kier molecular flexibility index (Phi) is 3.84. The molecule has 22 heavy (non-hydrogen) atoms. The van der Waals surface area contributed by atoms with Gasteiger partial charge in [0.25, 0.3) is 5.91 Å². The topological polar surface area (TPSA) is 29.5 Å².